The predicted molar refractivity (Wildman–Crippen MR) is 104 cm³/mol. The number of H-pyrrole nitrogens is 1. The minimum atomic E-state index is -0.0293. The average Bonchev–Trinajstić information content (AvgIpc) is 3.27. The van der Waals surface area contributed by atoms with E-state index in [1.165, 1.54) is 10.9 Å². The normalized spacial score (nSPS) is 17.0. The molecule has 4 nitrogen and oxygen atoms in total. The first-order chi connectivity index (χ1) is 12.6. The molecule has 1 aliphatic rings. The van der Waals surface area contributed by atoms with Gasteiger partial charge < -0.3 is 14.6 Å². The molecule has 1 saturated heterocycles. The lowest BCUT2D eigenvalue weighted by Gasteiger charge is -2.17. The Morgan fingerprint density at radius 1 is 1.23 bits per heavy atom. The van der Waals surface area contributed by atoms with E-state index in [4.69, 9.17) is 27.9 Å². The summed E-state index contributed by atoms with van der Waals surface area (Å²) in [7, 11) is 0. The number of ether oxygens (including phenoxy) is 1. The first-order valence-corrected chi connectivity index (χ1v) is 9.29. The van der Waals surface area contributed by atoms with Gasteiger partial charge in [-0.2, -0.15) is 0 Å². The van der Waals surface area contributed by atoms with E-state index < -0.39 is 0 Å². The molecular formula is C20H18Cl2N2O2. The van der Waals surface area contributed by atoms with Crippen LogP contribution in [0.15, 0.2) is 48.7 Å². The van der Waals surface area contributed by atoms with E-state index >= 15 is 0 Å². The lowest BCUT2D eigenvalue weighted by Crippen LogP contribution is -2.32. The molecule has 4 rings (SSSR count). The summed E-state index contributed by atoms with van der Waals surface area (Å²) in [5.74, 6) is 0.782. The molecular weight excluding hydrogens is 371 g/mol. The summed E-state index contributed by atoms with van der Waals surface area (Å²) in [4.78, 5) is 17.7. The van der Waals surface area contributed by atoms with Crippen LogP contribution in [0.3, 0.4) is 0 Å². The molecule has 1 fully saturated rings. The maximum Gasteiger partial charge on any atom is 0.260 e. The molecule has 0 aliphatic carbocycles. The number of fused-ring (bicyclic) bond motifs is 1. The minimum absolute atomic E-state index is 0.0258. The monoisotopic (exact) mass is 388 g/mol. The number of amides is 1. The first kappa shape index (κ1) is 17.3. The number of para-hydroxylation sites is 1. The summed E-state index contributed by atoms with van der Waals surface area (Å²) in [5, 5.41) is 2.18. The molecule has 2 aromatic carbocycles. The Bertz CT molecular complexity index is 954. The smallest absolute Gasteiger partial charge is 0.260 e. The van der Waals surface area contributed by atoms with Gasteiger partial charge in [-0.1, -0.05) is 41.4 Å². The second-order valence-corrected chi connectivity index (χ2v) is 7.32. The van der Waals surface area contributed by atoms with Crippen molar-refractivity contribution >= 4 is 40.0 Å². The fourth-order valence-corrected chi connectivity index (χ4v) is 3.96. The maximum atomic E-state index is 12.5. The topological polar surface area (TPSA) is 45.3 Å². The molecule has 2 heterocycles. The number of carbonyl (C=O) groups excluding carboxylic acids is 1. The van der Waals surface area contributed by atoms with E-state index in [-0.39, 0.29) is 12.5 Å². The molecule has 1 atom stereocenters. The van der Waals surface area contributed by atoms with Crippen molar-refractivity contribution in [3.05, 3.63) is 64.3 Å². The molecule has 0 spiro atoms. The van der Waals surface area contributed by atoms with Gasteiger partial charge in [-0.3, -0.25) is 4.79 Å². The van der Waals surface area contributed by atoms with Gasteiger partial charge in [0.05, 0.1) is 5.02 Å². The number of carbonyl (C=O) groups is 1. The zero-order chi connectivity index (χ0) is 18.1. The van der Waals surface area contributed by atoms with Gasteiger partial charge in [0.1, 0.15) is 5.75 Å². The zero-order valence-electron chi connectivity index (χ0n) is 14.0. The number of hydrogen-bond donors (Lipinski definition) is 1. The van der Waals surface area contributed by atoms with Crippen molar-refractivity contribution in [2.45, 2.75) is 12.3 Å². The van der Waals surface area contributed by atoms with Gasteiger partial charge in [-0.15, -0.1) is 0 Å². The van der Waals surface area contributed by atoms with Crippen LogP contribution in [0.5, 0.6) is 5.75 Å². The van der Waals surface area contributed by atoms with E-state index in [0.29, 0.717) is 28.3 Å². The number of rotatable bonds is 4. The highest BCUT2D eigenvalue weighted by Crippen LogP contribution is 2.33. The standard InChI is InChI=1S/C20H18Cl2N2O2/c21-14-5-6-19(17(22)9-14)26-12-20(25)24-8-7-13(11-24)16-10-23-18-4-2-1-3-15(16)18/h1-6,9-10,13,23H,7-8,11-12H2. The predicted octanol–water partition coefficient (Wildman–Crippen LogP) is 4.87. The van der Waals surface area contributed by atoms with Crippen LogP contribution >= 0.6 is 23.2 Å². The van der Waals surface area contributed by atoms with Gasteiger partial charge in [0, 0.05) is 41.1 Å². The van der Waals surface area contributed by atoms with Crippen LogP contribution < -0.4 is 4.74 Å². The summed E-state index contributed by atoms with van der Waals surface area (Å²) >= 11 is 12.0. The maximum absolute atomic E-state index is 12.5. The highest BCUT2D eigenvalue weighted by Gasteiger charge is 2.29. The summed E-state index contributed by atoms with van der Waals surface area (Å²) in [6.45, 7) is 1.42. The zero-order valence-corrected chi connectivity index (χ0v) is 15.6. The number of hydrogen-bond acceptors (Lipinski definition) is 2. The third-order valence-corrected chi connectivity index (χ3v) is 5.38. The molecule has 134 valence electrons. The summed E-state index contributed by atoms with van der Waals surface area (Å²) in [6, 6.07) is 13.2. The summed E-state index contributed by atoms with van der Waals surface area (Å²) in [6.07, 6.45) is 3.02. The second kappa shape index (κ2) is 7.22. The quantitative estimate of drug-likeness (QED) is 0.692. The fourth-order valence-electron chi connectivity index (χ4n) is 3.50. The Morgan fingerprint density at radius 3 is 2.92 bits per heavy atom. The number of likely N-dealkylation sites (tertiary alicyclic amines) is 1. The Hall–Kier alpha value is -2.17. The molecule has 26 heavy (non-hydrogen) atoms. The largest absolute Gasteiger partial charge is 0.482 e. The lowest BCUT2D eigenvalue weighted by molar-refractivity contribution is -0.132. The minimum Gasteiger partial charge on any atom is -0.482 e. The van der Waals surface area contributed by atoms with Crippen molar-refractivity contribution < 1.29 is 9.53 Å². The van der Waals surface area contributed by atoms with Crippen LogP contribution in [0.25, 0.3) is 10.9 Å². The molecule has 1 aliphatic heterocycles. The number of nitrogens with zero attached hydrogens (tertiary/aromatic N) is 1. The van der Waals surface area contributed by atoms with Crippen LogP contribution in [0.4, 0.5) is 0 Å². The number of aromatic nitrogens is 1. The number of benzene rings is 2. The van der Waals surface area contributed by atoms with Gasteiger partial charge in [-0.25, -0.2) is 0 Å². The third-order valence-electron chi connectivity index (χ3n) is 4.85. The fraction of sp³-hybridized carbons (Fsp3) is 0.250. The molecule has 0 radical (unpaired) electrons. The van der Waals surface area contributed by atoms with E-state index in [2.05, 4.69) is 23.3 Å². The van der Waals surface area contributed by atoms with Crippen LogP contribution in [-0.2, 0) is 4.79 Å². The number of aromatic amines is 1. The Morgan fingerprint density at radius 2 is 2.08 bits per heavy atom. The van der Waals surface area contributed by atoms with E-state index in [0.717, 1.165) is 18.5 Å². The second-order valence-electron chi connectivity index (χ2n) is 6.48. The molecule has 0 saturated carbocycles. The average molecular weight is 389 g/mol. The number of halogens is 2. The van der Waals surface area contributed by atoms with Crippen molar-refractivity contribution in [1.82, 2.24) is 9.88 Å². The van der Waals surface area contributed by atoms with Gasteiger partial charge in [0.2, 0.25) is 0 Å². The van der Waals surface area contributed by atoms with Crippen LogP contribution in [-0.4, -0.2) is 35.5 Å². The van der Waals surface area contributed by atoms with Gasteiger partial charge in [0.15, 0.2) is 6.61 Å². The van der Waals surface area contributed by atoms with Crippen molar-refractivity contribution in [3.8, 4) is 5.75 Å². The Labute approximate surface area is 161 Å². The highest BCUT2D eigenvalue weighted by molar-refractivity contribution is 6.35. The third kappa shape index (κ3) is 3.39. The van der Waals surface area contributed by atoms with Crippen molar-refractivity contribution in [1.29, 1.82) is 0 Å². The molecule has 0 bridgehead atoms. The van der Waals surface area contributed by atoms with Crippen LogP contribution in [0.2, 0.25) is 10.0 Å². The molecule has 6 heteroatoms. The van der Waals surface area contributed by atoms with Crippen LogP contribution in [0, 0.1) is 0 Å². The van der Waals surface area contributed by atoms with Crippen molar-refractivity contribution in [2.24, 2.45) is 0 Å². The van der Waals surface area contributed by atoms with Gasteiger partial charge in [-0.05, 0) is 36.2 Å². The number of nitrogens with one attached hydrogen (secondary N) is 1. The molecule has 1 unspecified atom stereocenters. The molecule has 1 amide bonds. The molecule has 3 aromatic rings. The van der Waals surface area contributed by atoms with Crippen molar-refractivity contribution in [2.75, 3.05) is 19.7 Å². The summed E-state index contributed by atoms with van der Waals surface area (Å²) in [5.41, 5.74) is 2.41. The van der Waals surface area contributed by atoms with E-state index in [1.54, 1.807) is 18.2 Å². The van der Waals surface area contributed by atoms with Gasteiger partial charge in [0.25, 0.3) is 5.91 Å². The van der Waals surface area contributed by atoms with Crippen LogP contribution in [0.1, 0.15) is 17.9 Å². The molecule has 1 N–H and O–H groups in total. The highest BCUT2D eigenvalue weighted by atomic mass is 35.5. The molecule has 1 aromatic heterocycles. The van der Waals surface area contributed by atoms with E-state index in [9.17, 15) is 4.79 Å². The SMILES string of the molecule is O=C(COc1ccc(Cl)cc1Cl)N1CCC(c2c[nH]c3ccccc23)C1. The summed E-state index contributed by atoms with van der Waals surface area (Å²) < 4.78 is 5.57. The van der Waals surface area contributed by atoms with Gasteiger partial charge >= 0.3 is 0 Å². The van der Waals surface area contributed by atoms with E-state index in [1.807, 2.05) is 17.0 Å². The lowest BCUT2D eigenvalue weighted by atomic mass is 9.98. The Balaban J connectivity index is 1.39. The van der Waals surface area contributed by atoms with Crippen molar-refractivity contribution in [3.63, 3.8) is 0 Å². The first-order valence-electron chi connectivity index (χ1n) is 8.53. The Kier molecular flexibility index (Phi) is 4.79.